The number of nitrogens with one attached hydrogen (secondary N) is 1. The van der Waals surface area contributed by atoms with E-state index < -0.39 is 11.8 Å². The van der Waals surface area contributed by atoms with E-state index in [1.165, 1.54) is 18.1 Å². The molecule has 4 nitrogen and oxygen atoms in total. The molecule has 1 saturated heterocycles. The molecule has 4 rings (SSSR count). The number of carbonyl (C=O) groups is 1. The summed E-state index contributed by atoms with van der Waals surface area (Å²) >= 11 is 0. The molecule has 28 heavy (non-hydrogen) atoms. The Bertz CT molecular complexity index is 819. The number of nitrogens with zero attached hydrogens (tertiary/aromatic N) is 1. The fourth-order valence-electron chi connectivity index (χ4n) is 4.21. The lowest BCUT2D eigenvalue weighted by Crippen LogP contribution is -2.37. The lowest BCUT2D eigenvalue weighted by Gasteiger charge is -2.32. The van der Waals surface area contributed by atoms with Gasteiger partial charge in [-0.1, -0.05) is 36.4 Å². The third-order valence-corrected chi connectivity index (χ3v) is 6.09. The van der Waals surface area contributed by atoms with Crippen LogP contribution in [0.15, 0.2) is 48.5 Å². The van der Waals surface area contributed by atoms with Crippen molar-refractivity contribution in [3.63, 3.8) is 0 Å². The van der Waals surface area contributed by atoms with Gasteiger partial charge in [0.25, 0.3) is 0 Å². The maximum Gasteiger partial charge on any atom is 0.335 e. The highest BCUT2D eigenvalue weighted by Gasteiger charge is 2.38. The van der Waals surface area contributed by atoms with Crippen molar-refractivity contribution in [3.05, 3.63) is 71.0 Å². The summed E-state index contributed by atoms with van der Waals surface area (Å²) in [4.78, 5) is 13.2. The molecule has 5 heteroatoms. The van der Waals surface area contributed by atoms with Crippen molar-refractivity contribution < 1.29 is 14.3 Å². The molecule has 148 valence electrons. The second-order valence-corrected chi connectivity index (χ2v) is 8.10. The van der Waals surface area contributed by atoms with E-state index in [0.717, 1.165) is 38.5 Å². The summed E-state index contributed by atoms with van der Waals surface area (Å²) in [5.74, 6) is -0.182. The summed E-state index contributed by atoms with van der Waals surface area (Å²) in [5, 5.41) is 12.7. The van der Waals surface area contributed by atoms with Gasteiger partial charge in [0.15, 0.2) is 0 Å². The third-order valence-electron chi connectivity index (χ3n) is 6.09. The van der Waals surface area contributed by atoms with E-state index in [1.807, 2.05) is 0 Å². The molecule has 0 amide bonds. The van der Waals surface area contributed by atoms with E-state index in [4.69, 9.17) is 5.11 Å². The number of carboxylic acids is 1. The standard InChI is InChI=1S/C23H27FN2O2/c24-21-12-18(23(27)28)6-7-19(21)15-26-10-8-16(9-11-26)14-25-22-13-20(22)17-4-2-1-3-5-17/h1-7,12,16,20,22,25H,8-11,13-15H2,(H,27,28)/t20-,22+/m0/s1. The average Bonchev–Trinajstić information content (AvgIpc) is 3.49. The Morgan fingerprint density at radius 2 is 1.89 bits per heavy atom. The van der Waals surface area contributed by atoms with Crippen LogP contribution in [-0.2, 0) is 6.54 Å². The predicted molar refractivity (Wildman–Crippen MR) is 107 cm³/mol. The zero-order valence-corrected chi connectivity index (χ0v) is 16.0. The summed E-state index contributed by atoms with van der Waals surface area (Å²) in [6.07, 6.45) is 3.46. The Morgan fingerprint density at radius 3 is 2.57 bits per heavy atom. The maximum atomic E-state index is 14.1. The molecule has 2 fully saturated rings. The maximum absolute atomic E-state index is 14.1. The molecular formula is C23H27FN2O2. The van der Waals surface area contributed by atoms with Crippen LogP contribution in [0.4, 0.5) is 4.39 Å². The Kier molecular flexibility index (Phi) is 5.74. The minimum absolute atomic E-state index is 0.0000783. The van der Waals surface area contributed by atoms with Gasteiger partial charge in [-0.15, -0.1) is 0 Å². The number of aromatic carboxylic acids is 1. The minimum Gasteiger partial charge on any atom is -0.478 e. The molecule has 0 unspecified atom stereocenters. The van der Waals surface area contributed by atoms with Gasteiger partial charge in [0.05, 0.1) is 5.56 Å². The number of hydrogen-bond acceptors (Lipinski definition) is 3. The normalized spacial score (nSPS) is 22.9. The fourth-order valence-corrected chi connectivity index (χ4v) is 4.21. The first kappa shape index (κ1) is 19.1. The van der Waals surface area contributed by atoms with Gasteiger partial charge in [0.1, 0.15) is 5.82 Å². The molecule has 2 N–H and O–H groups in total. The molecule has 2 aliphatic rings. The predicted octanol–water partition coefficient (Wildman–Crippen LogP) is 3.88. The minimum atomic E-state index is -1.09. The first-order valence-corrected chi connectivity index (χ1v) is 10.1. The molecule has 2 aromatic carbocycles. The van der Waals surface area contributed by atoms with Gasteiger partial charge in [0, 0.05) is 24.1 Å². The van der Waals surface area contributed by atoms with Crippen molar-refractivity contribution in [2.45, 2.75) is 37.8 Å². The molecule has 0 radical (unpaired) electrons. The number of hydrogen-bond donors (Lipinski definition) is 2. The van der Waals surface area contributed by atoms with Crippen LogP contribution < -0.4 is 5.32 Å². The average molecular weight is 382 g/mol. The van der Waals surface area contributed by atoms with Crippen LogP contribution in [0, 0.1) is 11.7 Å². The largest absolute Gasteiger partial charge is 0.478 e. The summed E-state index contributed by atoms with van der Waals surface area (Å²) in [7, 11) is 0. The zero-order valence-electron chi connectivity index (χ0n) is 16.0. The number of likely N-dealkylation sites (tertiary alicyclic amines) is 1. The van der Waals surface area contributed by atoms with E-state index in [1.54, 1.807) is 6.07 Å². The van der Waals surface area contributed by atoms with E-state index in [-0.39, 0.29) is 5.56 Å². The first-order chi connectivity index (χ1) is 13.6. The van der Waals surface area contributed by atoms with Crippen molar-refractivity contribution in [2.24, 2.45) is 5.92 Å². The van der Waals surface area contributed by atoms with Crippen molar-refractivity contribution >= 4 is 5.97 Å². The zero-order chi connectivity index (χ0) is 19.5. The van der Waals surface area contributed by atoms with Crippen LogP contribution in [-0.4, -0.2) is 41.7 Å². The van der Waals surface area contributed by atoms with Gasteiger partial charge in [-0.3, -0.25) is 4.90 Å². The molecule has 1 aliphatic carbocycles. The van der Waals surface area contributed by atoms with Crippen LogP contribution in [0.5, 0.6) is 0 Å². The lowest BCUT2D eigenvalue weighted by atomic mass is 9.96. The van der Waals surface area contributed by atoms with Crippen molar-refractivity contribution in [1.29, 1.82) is 0 Å². The highest BCUT2D eigenvalue weighted by Crippen LogP contribution is 2.40. The van der Waals surface area contributed by atoms with Gasteiger partial charge >= 0.3 is 5.97 Å². The van der Waals surface area contributed by atoms with Crippen LogP contribution in [0.2, 0.25) is 0 Å². The molecule has 1 heterocycles. The quantitative estimate of drug-likeness (QED) is 0.763. The van der Waals surface area contributed by atoms with E-state index in [0.29, 0.717) is 30.0 Å². The molecule has 1 aliphatic heterocycles. The Morgan fingerprint density at radius 1 is 1.14 bits per heavy atom. The third kappa shape index (κ3) is 4.59. The lowest BCUT2D eigenvalue weighted by molar-refractivity contribution is 0.0696. The highest BCUT2D eigenvalue weighted by atomic mass is 19.1. The Hall–Kier alpha value is -2.24. The van der Waals surface area contributed by atoms with Gasteiger partial charge < -0.3 is 10.4 Å². The van der Waals surface area contributed by atoms with Crippen LogP contribution in [0.3, 0.4) is 0 Å². The fraction of sp³-hybridized carbons (Fsp3) is 0.435. The molecule has 2 atom stereocenters. The van der Waals surface area contributed by atoms with Crippen molar-refractivity contribution in [3.8, 4) is 0 Å². The van der Waals surface area contributed by atoms with Crippen LogP contribution in [0.25, 0.3) is 0 Å². The van der Waals surface area contributed by atoms with Crippen molar-refractivity contribution in [2.75, 3.05) is 19.6 Å². The second kappa shape index (κ2) is 8.41. The topological polar surface area (TPSA) is 52.6 Å². The number of carboxylic acid groups (broad SMARTS) is 1. The van der Waals surface area contributed by atoms with E-state index in [9.17, 15) is 9.18 Å². The summed E-state index contributed by atoms with van der Waals surface area (Å²) in [6.45, 7) is 3.52. The summed E-state index contributed by atoms with van der Waals surface area (Å²) in [6, 6.07) is 15.5. The second-order valence-electron chi connectivity index (χ2n) is 8.10. The van der Waals surface area contributed by atoms with Crippen LogP contribution in [0.1, 0.15) is 46.7 Å². The van der Waals surface area contributed by atoms with Gasteiger partial charge in [-0.05, 0) is 62.5 Å². The summed E-state index contributed by atoms with van der Waals surface area (Å²) in [5.41, 5.74) is 2.01. The summed E-state index contributed by atoms with van der Waals surface area (Å²) < 4.78 is 14.1. The van der Waals surface area contributed by atoms with Gasteiger partial charge in [0.2, 0.25) is 0 Å². The first-order valence-electron chi connectivity index (χ1n) is 10.1. The molecular weight excluding hydrogens is 355 g/mol. The molecule has 0 aromatic heterocycles. The highest BCUT2D eigenvalue weighted by molar-refractivity contribution is 5.87. The monoisotopic (exact) mass is 382 g/mol. The Balaban J connectivity index is 1.20. The van der Waals surface area contributed by atoms with Gasteiger partial charge in [-0.25, -0.2) is 9.18 Å². The number of benzene rings is 2. The number of rotatable bonds is 7. The van der Waals surface area contributed by atoms with Gasteiger partial charge in [-0.2, -0.15) is 0 Å². The SMILES string of the molecule is O=C(O)c1ccc(CN2CCC(CN[C@@H]3C[C@H]3c3ccccc3)CC2)c(F)c1. The smallest absolute Gasteiger partial charge is 0.335 e. The Labute approximate surface area is 165 Å². The molecule has 0 bridgehead atoms. The number of halogens is 1. The van der Waals surface area contributed by atoms with Crippen molar-refractivity contribution in [1.82, 2.24) is 10.2 Å². The van der Waals surface area contributed by atoms with E-state index >= 15 is 0 Å². The molecule has 1 saturated carbocycles. The van der Waals surface area contributed by atoms with E-state index in [2.05, 4.69) is 40.5 Å². The molecule has 2 aromatic rings. The van der Waals surface area contributed by atoms with Crippen LogP contribution >= 0.6 is 0 Å². The number of piperidine rings is 1. The molecule has 0 spiro atoms.